The number of hydrogen-bond donors (Lipinski definition) is 1. The van der Waals surface area contributed by atoms with Crippen molar-refractivity contribution < 1.29 is 4.39 Å². The van der Waals surface area contributed by atoms with Crippen molar-refractivity contribution in [1.29, 1.82) is 0 Å². The van der Waals surface area contributed by atoms with E-state index in [1.165, 1.54) is 24.8 Å². The minimum absolute atomic E-state index is 0.118. The second-order valence-corrected chi connectivity index (χ2v) is 5.21. The van der Waals surface area contributed by atoms with Gasteiger partial charge in [-0.25, -0.2) is 4.39 Å². The van der Waals surface area contributed by atoms with Gasteiger partial charge in [0, 0.05) is 6.04 Å². The van der Waals surface area contributed by atoms with Crippen LogP contribution < -0.4 is 5.32 Å². The van der Waals surface area contributed by atoms with E-state index in [2.05, 4.69) is 19.2 Å². The first kappa shape index (κ1) is 12.6. The molecular formula is C15H22FN. The van der Waals surface area contributed by atoms with Crippen molar-refractivity contribution in [2.75, 3.05) is 6.54 Å². The average Bonchev–Trinajstić information content (AvgIpc) is 3.08. The van der Waals surface area contributed by atoms with Gasteiger partial charge in [-0.15, -0.1) is 0 Å². The Labute approximate surface area is 103 Å². The molecular weight excluding hydrogens is 213 g/mol. The van der Waals surface area contributed by atoms with Crippen molar-refractivity contribution in [3.05, 3.63) is 35.1 Å². The molecule has 1 nitrogen and oxygen atoms in total. The molecule has 0 heterocycles. The van der Waals surface area contributed by atoms with Gasteiger partial charge in [-0.1, -0.05) is 25.8 Å². The van der Waals surface area contributed by atoms with Crippen LogP contribution in [0.4, 0.5) is 4.39 Å². The lowest BCUT2D eigenvalue weighted by Crippen LogP contribution is -2.31. The van der Waals surface area contributed by atoms with Crippen LogP contribution in [0.25, 0.3) is 0 Å². The van der Waals surface area contributed by atoms with Crippen LogP contribution >= 0.6 is 0 Å². The van der Waals surface area contributed by atoms with Gasteiger partial charge in [-0.2, -0.15) is 0 Å². The lowest BCUT2D eigenvalue weighted by molar-refractivity contribution is 0.464. The Bertz CT molecular complexity index is 371. The summed E-state index contributed by atoms with van der Waals surface area (Å²) in [5.41, 5.74) is 2.35. The smallest absolute Gasteiger partial charge is 0.123 e. The van der Waals surface area contributed by atoms with Crippen LogP contribution in [-0.4, -0.2) is 12.6 Å². The highest BCUT2D eigenvalue weighted by Gasteiger charge is 2.25. The number of aryl methyl sites for hydroxylation is 1. The summed E-state index contributed by atoms with van der Waals surface area (Å²) in [6.07, 6.45) is 4.95. The van der Waals surface area contributed by atoms with Gasteiger partial charge in [0.25, 0.3) is 0 Å². The molecule has 1 aromatic rings. The molecule has 1 aliphatic rings. The molecule has 1 aliphatic carbocycles. The molecule has 0 aliphatic heterocycles. The molecule has 1 N–H and O–H groups in total. The summed E-state index contributed by atoms with van der Waals surface area (Å²) < 4.78 is 13.2. The Hall–Kier alpha value is -0.890. The predicted molar refractivity (Wildman–Crippen MR) is 69.6 cm³/mol. The lowest BCUT2D eigenvalue weighted by Gasteiger charge is -2.19. The van der Waals surface area contributed by atoms with E-state index in [0.29, 0.717) is 6.04 Å². The van der Waals surface area contributed by atoms with E-state index in [-0.39, 0.29) is 5.82 Å². The molecule has 94 valence electrons. The average molecular weight is 235 g/mol. The predicted octanol–water partition coefficient (Wildman–Crippen LogP) is 3.45. The normalized spacial score (nSPS) is 17.1. The minimum atomic E-state index is -0.118. The van der Waals surface area contributed by atoms with E-state index in [4.69, 9.17) is 0 Å². The van der Waals surface area contributed by atoms with Crippen LogP contribution in [-0.2, 0) is 6.42 Å². The molecule has 0 saturated heterocycles. The van der Waals surface area contributed by atoms with Gasteiger partial charge in [0.2, 0.25) is 0 Å². The molecule has 0 amide bonds. The van der Waals surface area contributed by atoms with Crippen LogP contribution in [0.1, 0.15) is 37.3 Å². The van der Waals surface area contributed by atoms with Gasteiger partial charge < -0.3 is 5.32 Å². The summed E-state index contributed by atoms with van der Waals surface area (Å²) in [4.78, 5) is 0. The Balaban J connectivity index is 2.01. The fraction of sp³-hybridized carbons (Fsp3) is 0.600. The Morgan fingerprint density at radius 2 is 2.18 bits per heavy atom. The number of halogens is 1. The Kier molecular flexibility index (Phi) is 4.16. The molecule has 0 spiro atoms. The zero-order chi connectivity index (χ0) is 12.3. The Morgan fingerprint density at radius 1 is 1.41 bits per heavy atom. The monoisotopic (exact) mass is 235 g/mol. The lowest BCUT2D eigenvalue weighted by atomic mass is 9.97. The van der Waals surface area contributed by atoms with Gasteiger partial charge in [0.1, 0.15) is 5.82 Å². The number of rotatable bonds is 6. The molecule has 2 heteroatoms. The van der Waals surface area contributed by atoms with Gasteiger partial charge in [-0.05, 0) is 55.5 Å². The maximum atomic E-state index is 13.2. The first-order valence-corrected chi connectivity index (χ1v) is 6.67. The molecule has 17 heavy (non-hydrogen) atoms. The molecule has 2 rings (SSSR count). The van der Waals surface area contributed by atoms with Crippen molar-refractivity contribution in [2.24, 2.45) is 5.92 Å². The van der Waals surface area contributed by atoms with Crippen molar-refractivity contribution >= 4 is 0 Å². The molecule has 1 saturated carbocycles. The molecule has 0 radical (unpaired) electrons. The van der Waals surface area contributed by atoms with Gasteiger partial charge in [0.15, 0.2) is 0 Å². The third-order valence-corrected chi connectivity index (χ3v) is 3.59. The second kappa shape index (κ2) is 5.63. The van der Waals surface area contributed by atoms with E-state index >= 15 is 0 Å². The largest absolute Gasteiger partial charge is 0.314 e. The minimum Gasteiger partial charge on any atom is -0.314 e. The van der Waals surface area contributed by atoms with Gasteiger partial charge >= 0.3 is 0 Å². The van der Waals surface area contributed by atoms with Crippen LogP contribution in [0.5, 0.6) is 0 Å². The molecule has 1 fully saturated rings. The highest BCUT2D eigenvalue weighted by Crippen LogP contribution is 2.34. The first-order valence-electron chi connectivity index (χ1n) is 6.67. The number of hydrogen-bond acceptors (Lipinski definition) is 1. The van der Waals surface area contributed by atoms with E-state index in [1.54, 1.807) is 12.1 Å². The number of likely N-dealkylation sites (N-methyl/N-ethyl adjacent to an activating group) is 1. The van der Waals surface area contributed by atoms with Crippen molar-refractivity contribution in [3.63, 3.8) is 0 Å². The van der Waals surface area contributed by atoms with Gasteiger partial charge in [0.05, 0.1) is 0 Å². The molecule has 1 atom stereocenters. The highest BCUT2D eigenvalue weighted by molar-refractivity contribution is 5.27. The topological polar surface area (TPSA) is 12.0 Å². The third kappa shape index (κ3) is 3.81. The summed E-state index contributed by atoms with van der Waals surface area (Å²) in [5, 5.41) is 3.53. The van der Waals surface area contributed by atoms with Crippen LogP contribution in [0.2, 0.25) is 0 Å². The van der Waals surface area contributed by atoms with E-state index in [0.717, 1.165) is 24.4 Å². The maximum Gasteiger partial charge on any atom is 0.123 e. The van der Waals surface area contributed by atoms with Crippen LogP contribution in [0, 0.1) is 18.7 Å². The summed E-state index contributed by atoms with van der Waals surface area (Å²) in [7, 11) is 0. The van der Waals surface area contributed by atoms with Crippen LogP contribution in [0.15, 0.2) is 18.2 Å². The quantitative estimate of drug-likeness (QED) is 0.796. The summed E-state index contributed by atoms with van der Waals surface area (Å²) in [6, 6.07) is 5.62. The van der Waals surface area contributed by atoms with E-state index < -0.39 is 0 Å². The fourth-order valence-corrected chi connectivity index (χ4v) is 2.41. The third-order valence-electron chi connectivity index (χ3n) is 3.59. The Morgan fingerprint density at radius 3 is 2.82 bits per heavy atom. The SMILES string of the molecule is CCNC(Cc1cc(F)ccc1C)CC1CC1. The summed E-state index contributed by atoms with van der Waals surface area (Å²) in [5.74, 6) is 0.792. The van der Waals surface area contributed by atoms with E-state index in [1.807, 2.05) is 6.07 Å². The summed E-state index contributed by atoms with van der Waals surface area (Å²) >= 11 is 0. The fourth-order valence-electron chi connectivity index (χ4n) is 2.41. The van der Waals surface area contributed by atoms with Gasteiger partial charge in [-0.3, -0.25) is 0 Å². The molecule has 0 aromatic heterocycles. The number of benzene rings is 1. The number of nitrogens with one attached hydrogen (secondary N) is 1. The summed E-state index contributed by atoms with van der Waals surface area (Å²) in [6.45, 7) is 5.19. The maximum absolute atomic E-state index is 13.2. The van der Waals surface area contributed by atoms with Crippen molar-refractivity contribution in [3.8, 4) is 0 Å². The van der Waals surface area contributed by atoms with Crippen molar-refractivity contribution in [1.82, 2.24) is 5.32 Å². The zero-order valence-electron chi connectivity index (χ0n) is 10.8. The first-order chi connectivity index (χ1) is 8.19. The van der Waals surface area contributed by atoms with Crippen LogP contribution in [0.3, 0.4) is 0 Å². The molecule has 1 unspecified atom stereocenters. The second-order valence-electron chi connectivity index (χ2n) is 5.21. The van der Waals surface area contributed by atoms with Crippen molar-refractivity contribution in [2.45, 2.75) is 45.6 Å². The standard InChI is InChI=1S/C15H22FN/c1-3-17-15(8-12-5-6-12)10-13-9-14(16)7-4-11(13)2/h4,7,9,12,15,17H,3,5-6,8,10H2,1-2H3. The highest BCUT2D eigenvalue weighted by atomic mass is 19.1. The van der Waals surface area contributed by atoms with E-state index in [9.17, 15) is 4.39 Å². The molecule has 1 aromatic carbocycles. The molecule has 0 bridgehead atoms. The zero-order valence-corrected chi connectivity index (χ0v) is 10.8.